The minimum absolute atomic E-state index is 0.0203. The highest BCUT2D eigenvalue weighted by Crippen LogP contribution is 2.57. The number of amides is 3. The third-order valence-electron chi connectivity index (χ3n) is 8.45. The Balaban J connectivity index is 1.50. The quantitative estimate of drug-likeness (QED) is 0.380. The van der Waals surface area contributed by atoms with Gasteiger partial charge in [0.15, 0.2) is 0 Å². The van der Waals surface area contributed by atoms with Crippen LogP contribution in [0.15, 0.2) is 77.5 Å². The van der Waals surface area contributed by atoms with Gasteiger partial charge in [-0.3, -0.25) is 14.6 Å². The smallest absolute Gasteiger partial charge is 0.296 e. The molecule has 194 valence electrons. The maximum absolute atomic E-state index is 14.2. The Kier molecular flexibility index (Phi) is 6.87. The van der Waals surface area contributed by atoms with E-state index in [1.807, 2.05) is 30.0 Å². The summed E-state index contributed by atoms with van der Waals surface area (Å²) < 4.78 is 0. The van der Waals surface area contributed by atoms with Crippen molar-refractivity contribution >= 4 is 18.0 Å². The molecule has 1 fully saturated rings. The van der Waals surface area contributed by atoms with Crippen molar-refractivity contribution in [2.75, 3.05) is 13.1 Å². The van der Waals surface area contributed by atoms with E-state index in [-0.39, 0.29) is 17.4 Å². The fraction of sp³-hybridized carbons (Fsp3) is 0.455. The summed E-state index contributed by atoms with van der Waals surface area (Å²) >= 11 is 0. The van der Waals surface area contributed by atoms with Crippen molar-refractivity contribution in [1.29, 1.82) is 0 Å². The van der Waals surface area contributed by atoms with Crippen molar-refractivity contribution in [3.8, 4) is 0 Å². The summed E-state index contributed by atoms with van der Waals surface area (Å²) in [6.07, 6.45) is 7.52. The number of hydrogen-bond acceptors (Lipinski definition) is 2. The maximum Gasteiger partial charge on any atom is 0.331 e. The molecule has 3 amide bonds. The Morgan fingerprint density at radius 1 is 1.03 bits per heavy atom. The lowest BCUT2D eigenvalue weighted by Gasteiger charge is -2.51. The molecule has 4 heteroatoms. The summed E-state index contributed by atoms with van der Waals surface area (Å²) in [6.45, 7) is 9.78. The van der Waals surface area contributed by atoms with E-state index >= 15 is 0 Å². The lowest BCUT2D eigenvalue weighted by molar-refractivity contribution is -0.141. The number of benzene rings is 2. The molecule has 2 aromatic rings. The fourth-order valence-electron chi connectivity index (χ4n) is 6.82. The van der Waals surface area contributed by atoms with Crippen LogP contribution in [0.4, 0.5) is 4.79 Å². The van der Waals surface area contributed by atoms with Gasteiger partial charge in [-0.2, -0.15) is 0 Å². The molecule has 2 atom stereocenters. The van der Waals surface area contributed by atoms with Crippen molar-refractivity contribution in [2.45, 2.75) is 66.2 Å². The van der Waals surface area contributed by atoms with Crippen LogP contribution >= 0.6 is 0 Å². The molecular weight excluding hydrogens is 456 g/mol. The lowest BCUT2D eigenvalue weighted by Crippen LogP contribution is -2.62. The number of imide groups is 1. The second-order valence-corrected chi connectivity index (χ2v) is 12.3. The van der Waals surface area contributed by atoms with E-state index < -0.39 is 5.41 Å². The summed E-state index contributed by atoms with van der Waals surface area (Å²) in [6, 6.07) is 20.6. The van der Waals surface area contributed by atoms with Crippen molar-refractivity contribution in [3.05, 3.63) is 88.6 Å². The van der Waals surface area contributed by atoms with Gasteiger partial charge < -0.3 is 0 Å². The Morgan fingerprint density at radius 3 is 2.38 bits per heavy atom. The van der Waals surface area contributed by atoms with E-state index in [0.29, 0.717) is 19.0 Å². The zero-order chi connectivity index (χ0) is 26.2. The van der Waals surface area contributed by atoms with Crippen LogP contribution in [0.5, 0.6) is 0 Å². The first kappa shape index (κ1) is 25.5. The number of allylic oxidation sites excluding steroid dienone is 1. The molecule has 0 N–H and O–H groups in total. The lowest BCUT2D eigenvalue weighted by atomic mass is 9.71. The fourth-order valence-corrected chi connectivity index (χ4v) is 6.82. The van der Waals surface area contributed by atoms with Gasteiger partial charge >= 0.3 is 6.03 Å². The SMILES string of the molecule is C/C(=C\c1ccccc1)CN1C(=O)N2C[C@@](C)(Cc3ccccc3)CC3=C2[C@](CCC(C)C)(CC3)C1=O. The average molecular weight is 497 g/mol. The Labute approximate surface area is 222 Å². The van der Waals surface area contributed by atoms with E-state index in [1.54, 1.807) is 4.90 Å². The van der Waals surface area contributed by atoms with E-state index in [4.69, 9.17) is 0 Å². The van der Waals surface area contributed by atoms with Crippen LogP contribution in [0.1, 0.15) is 70.9 Å². The monoisotopic (exact) mass is 496 g/mol. The number of nitrogens with zero attached hydrogens (tertiary/aromatic N) is 2. The molecule has 3 aliphatic rings. The average Bonchev–Trinajstić information content (AvgIpc) is 3.24. The van der Waals surface area contributed by atoms with Gasteiger partial charge in [0, 0.05) is 12.2 Å². The van der Waals surface area contributed by atoms with Gasteiger partial charge in [0.2, 0.25) is 5.91 Å². The van der Waals surface area contributed by atoms with Crippen LogP contribution in [-0.2, 0) is 11.2 Å². The zero-order valence-electron chi connectivity index (χ0n) is 22.8. The third kappa shape index (κ3) is 4.91. The third-order valence-corrected chi connectivity index (χ3v) is 8.45. The second-order valence-electron chi connectivity index (χ2n) is 12.3. The van der Waals surface area contributed by atoms with Crippen LogP contribution in [0.25, 0.3) is 6.08 Å². The van der Waals surface area contributed by atoms with Crippen molar-refractivity contribution in [3.63, 3.8) is 0 Å². The molecule has 0 unspecified atom stereocenters. The summed E-state index contributed by atoms with van der Waals surface area (Å²) in [5, 5.41) is 0. The predicted octanol–water partition coefficient (Wildman–Crippen LogP) is 7.48. The van der Waals surface area contributed by atoms with Gasteiger partial charge in [0.05, 0.1) is 12.0 Å². The predicted molar refractivity (Wildman–Crippen MR) is 150 cm³/mol. The summed E-state index contributed by atoms with van der Waals surface area (Å²) in [5.41, 5.74) is 5.20. The minimum Gasteiger partial charge on any atom is -0.296 e. The first-order valence-corrected chi connectivity index (χ1v) is 13.8. The number of hydrogen-bond donors (Lipinski definition) is 0. The number of carbonyl (C=O) groups is 2. The summed E-state index contributed by atoms with van der Waals surface area (Å²) in [5.74, 6) is 0.532. The molecule has 1 aliphatic carbocycles. The summed E-state index contributed by atoms with van der Waals surface area (Å²) in [7, 11) is 0. The minimum atomic E-state index is -0.561. The van der Waals surface area contributed by atoms with Crippen LogP contribution in [0.2, 0.25) is 0 Å². The molecule has 0 aromatic heterocycles. The zero-order valence-corrected chi connectivity index (χ0v) is 22.8. The highest BCUT2D eigenvalue weighted by Gasteiger charge is 2.59. The van der Waals surface area contributed by atoms with Crippen molar-refractivity contribution in [2.24, 2.45) is 16.7 Å². The molecule has 2 aliphatic heterocycles. The molecule has 1 saturated heterocycles. The Morgan fingerprint density at radius 2 is 1.70 bits per heavy atom. The first-order chi connectivity index (χ1) is 17.7. The van der Waals surface area contributed by atoms with Gasteiger partial charge in [0.1, 0.15) is 0 Å². The molecule has 0 radical (unpaired) electrons. The topological polar surface area (TPSA) is 40.6 Å². The molecule has 37 heavy (non-hydrogen) atoms. The van der Waals surface area contributed by atoms with Gasteiger partial charge in [-0.25, -0.2) is 4.79 Å². The van der Waals surface area contributed by atoms with Gasteiger partial charge in [0.25, 0.3) is 0 Å². The Bertz CT molecular complexity index is 1230. The van der Waals surface area contributed by atoms with Crippen LogP contribution < -0.4 is 0 Å². The molecule has 4 nitrogen and oxygen atoms in total. The number of urea groups is 1. The van der Waals surface area contributed by atoms with Crippen molar-refractivity contribution in [1.82, 2.24) is 9.80 Å². The van der Waals surface area contributed by atoms with Gasteiger partial charge in [-0.15, -0.1) is 0 Å². The van der Waals surface area contributed by atoms with E-state index in [2.05, 4.69) is 69.3 Å². The summed E-state index contributed by atoms with van der Waals surface area (Å²) in [4.78, 5) is 31.9. The van der Waals surface area contributed by atoms with Crippen molar-refractivity contribution < 1.29 is 9.59 Å². The number of carbonyl (C=O) groups excluding carboxylic acids is 2. The van der Waals surface area contributed by atoms with E-state index in [9.17, 15) is 9.59 Å². The largest absolute Gasteiger partial charge is 0.331 e. The van der Waals surface area contributed by atoms with Gasteiger partial charge in [-0.05, 0) is 73.5 Å². The first-order valence-electron chi connectivity index (χ1n) is 13.8. The highest BCUT2D eigenvalue weighted by atomic mass is 16.2. The molecule has 5 rings (SSSR count). The van der Waals surface area contributed by atoms with Crippen LogP contribution in [-0.4, -0.2) is 34.8 Å². The van der Waals surface area contributed by atoms with Gasteiger partial charge in [-0.1, -0.05) is 93.1 Å². The molecule has 0 bridgehead atoms. The van der Waals surface area contributed by atoms with E-state index in [1.165, 1.54) is 11.1 Å². The molecular formula is C33H40N2O2. The standard InChI is InChI=1S/C33H40N2O2/c1-24(2)15-17-33-18-16-28-21-32(4,20-27-13-9-6-10-14-27)23-35(29(28)33)31(37)34(30(33)36)22-25(3)19-26-11-7-5-8-12-26/h5-14,19,24H,15-18,20-23H2,1-4H3/b25-19+/t32-,33-/m0/s1. The normalized spacial score (nSPS) is 25.8. The molecule has 2 heterocycles. The number of rotatable bonds is 8. The Hall–Kier alpha value is -3.14. The molecule has 0 saturated carbocycles. The second kappa shape index (κ2) is 9.96. The highest BCUT2D eigenvalue weighted by molar-refractivity contribution is 6.04. The molecule has 0 spiro atoms. The van der Waals surface area contributed by atoms with E-state index in [0.717, 1.165) is 55.4 Å². The molecule has 2 aromatic carbocycles. The van der Waals surface area contributed by atoms with Crippen LogP contribution in [0, 0.1) is 16.7 Å². The van der Waals surface area contributed by atoms with Crippen LogP contribution in [0.3, 0.4) is 0 Å². The maximum atomic E-state index is 14.2.